The minimum absolute atomic E-state index is 0.00923. The van der Waals surface area contributed by atoms with E-state index in [0.717, 1.165) is 12.8 Å². The Balaban J connectivity index is 2.06. The van der Waals surface area contributed by atoms with Gasteiger partial charge in [0.2, 0.25) is 5.91 Å². The normalized spacial score (nSPS) is 15.1. The van der Waals surface area contributed by atoms with Gasteiger partial charge >= 0.3 is 6.18 Å². The lowest BCUT2D eigenvalue weighted by Gasteiger charge is -2.18. The fraction of sp³-hybridized carbons (Fsp3) is 0.462. The third-order valence-corrected chi connectivity index (χ3v) is 3.25. The van der Waals surface area contributed by atoms with Crippen molar-refractivity contribution >= 4 is 23.2 Å². The summed E-state index contributed by atoms with van der Waals surface area (Å²) in [6, 6.07) is 4.27. The molecule has 1 aliphatic carbocycles. The highest BCUT2D eigenvalue weighted by Crippen LogP contribution is 2.34. The van der Waals surface area contributed by atoms with Gasteiger partial charge in [0.1, 0.15) is 5.75 Å². The van der Waals surface area contributed by atoms with E-state index in [9.17, 15) is 18.0 Å². The van der Waals surface area contributed by atoms with Crippen LogP contribution in [0.1, 0.15) is 12.8 Å². The Morgan fingerprint density at radius 1 is 1.45 bits per heavy atom. The van der Waals surface area contributed by atoms with E-state index in [1.807, 2.05) is 0 Å². The van der Waals surface area contributed by atoms with Crippen molar-refractivity contribution in [3.63, 3.8) is 0 Å². The molecule has 110 valence electrons. The second kappa shape index (κ2) is 5.52. The minimum Gasteiger partial charge on any atom is -0.483 e. The predicted octanol–water partition coefficient (Wildman–Crippen LogP) is 3.65. The number of carbonyl (C=O) groups excluding carboxylic acids is 1. The first-order valence-electron chi connectivity index (χ1n) is 6.04. The summed E-state index contributed by atoms with van der Waals surface area (Å²) in [5, 5.41) is 0.0437. The van der Waals surface area contributed by atoms with Gasteiger partial charge in [0.25, 0.3) is 0 Å². The van der Waals surface area contributed by atoms with Gasteiger partial charge in [-0.1, -0.05) is 11.6 Å². The number of carbonyl (C=O) groups is 1. The molecule has 1 fully saturated rings. The average Bonchev–Trinajstić information content (AvgIpc) is 3.18. The highest BCUT2D eigenvalue weighted by molar-refractivity contribution is 6.32. The van der Waals surface area contributed by atoms with Gasteiger partial charge in [0.05, 0.1) is 5.02 Å². The summed E-state index contributed by atoms with van der Waals surface area (Å²) < 4.78 is 40.8. The van der Waals surface area contributed by atoms with Crippen molar-refractivity contribution < 1.29 is 22.7 Å². The molecule has 0 aliphatic heterocycles. The molecular formula is C13H13ClF3NO2. The van der Waals surface area contributed by atoms with Crippen molar-refractivity contribution in [3.05, 3.63) is 23.2 Å². The number of hydrogen-bond acceptors (Lipinski definition) is 2. The van der Waals surface area contributed by atoms with Crippen LogP contribution < -0.4 is 9.64 Å². The molecule has 0 N–H and O–H groups in total. The van der Waals surface area contributed by atoms with Crippen LogP contribution in [0.5, 0.6) is 5.75 Å². The van der Waals surface area contributed by atoms with E-state index in [4.69, 9.17) is 11.6 Å². The van der Waals surface area contributed by atoms with Crippen LogP contribution in [-0.4, -0.2) is 25.7 Å². The van der Waals surface area contributed by atoms with Crippen LogP contribution in [0, 0.1) is 5.92 Å². The number of amides is 1. The van der Waals surface area contributed by atoms with Gasteiger partial charge in [0, 0.05) is 18.7 Å². The summed E-state index contributed by atoms with van der Waals surface area (Å²) >= 11 is 5.87. The summed E-state index contributed by atoms with van der Waals surface area (Å²) in [6.45, 7) is -1.40. The highest BCUT2D eigenvalue weighted by atomic mass is 35.5. The number of anilines is 1. The van der Waals surface area contributed by atoms with Crippen LogP contribution in [0.4, 0.5) is 18.9 Å². The monoisotopic (exact) mass is 307 g/mol. The Hall–Kier alpha value is -1.43. The van der Waals surface area contributed by atoms with E-state index in [1.54, 1.807) is 7.05 Å². The third kappa shape index (κ3) is 3.79. The van der Waals surface area contributed by atoms with Crippen molar-refractivity contribution in [3.8, 4) is 5.75 Å². The predicted molar refractivity (Wildman–Crippen MR) is 69.1 cm³/mol. The average molecular weight is 308 g/mol. The quantitative estimate of drug-likeness (QED) is 0.849. The molecule has 0 saturated heterocycles. The first kappa shape index (κ1) is 15.0. The molecule has 0 unspecified atom stereocenters. The fourth-order valence-corrected chi connectivity index (χ4v) is 1.94. The minimum atomic E-state index is -4.42. The number of halogens is 4. The van der Waals surface area contributed by atoms with E-state index in [-0.39, 0.29) is 22.6 Å². The van der Waals surface area contributed by atoms with Gasteiger partial charge in [-0.25, -0.2) is 0 Å². The van der Waals surface area contributed by atoms with Gasteiger partial charge in [-0.05, 0) is 31.0 Å². The maximum atomic E-state index is 12.1. The number of rotatable bonds is 4. The number of alkyl halides is 3. The second-order valence-corrected chi connectivity index (χ2v) is 5.10. The topological polar surface area (TPSA) is 29.5 Å². The Morgan fingerprint density at radius 2 is 2.10 bits per heavy atom. The molecule has 0 atom stereocenters. The number of ether oxygens (including phenoxy) is 1. The van der Waals surface area contributed by atoms with Gasteiger partial charge in [-0.15, -0.1) is 0 Å². The molecule has 0 radical (unpaired) electrons. The van der Waals surface area contributed by atoms with Gasteiger partial charge in [-0.2, -0.15) is 13.2 Å². The molecule has 0 heterocycles. The van der Waals surface area contributed by atoms with Crippen LogP contribution in [0.3, 0.4) is 0 Å². The Kier molecular flexibility index (Phi) is 4.13. The van der Waals surface area contributed by atoms with E-state index < -0.39 is 12.8 Å². The zero-order chi connectivity index (χ0) is 14.9. The largest absolute Gasteiger partial charge is 0.483 e. The highest BCUT2D eigenvalue weighted by Gasteiger charge is 2.33. The lowest BCUT2D eigenvalue weighted by molar-refractivity contribution is -0.153. The van der Waals surface area contributed by atoms with Crippen LogP contribution in [0.15, 0.2) is 18.2 Å². The molecule has 0 aromatic heterocycles. The molecule has 20 heavy (non-hydrogen) atoms. The summed E-state index contributed by atoms with van der Waals surface area (Å²) in [4.78, 5) is 13.3. The number of nitrogens with zero attached hydrogens (tertiary/aromatic N) is 1. The molecular weight excluding hydrogens is 295 g/mol. The molecule has 1 aromatic rings. The second-order valence-electron chi connectivity index (χ2n) is 4.69. The van der Waals surface area contributed by atoms with Crippen molar-refractivity contribution in [2.45, 2.75) is 19.0 Å². The Labute approximate surface area is 119 Å². The summed E-state index contributed by atoms with van der Waals surface area (Å²) in [5.41, 5.74) is 0.534. The molecule has 1 aliphatic rings. The summed E-state index contributed by atoms with van der Waals surface area (Å²) in [6.07, 6.45) is -2.66. The molecule has 3 nitrogen and oxygen atoms in total. The maximum absolute atomic E-state index is 12.1. The summed E-state index contributed by atoms with van der Waals surface area (Å²) in [5.74, 6) is -0.00929. The molecule has 2 rings (SSSR count). The van der Waals surface area contributed by atoms with Crippen LogP contribution in [0.2, 0.25) is 5.02 Å². The van der Waals surface area contributed by atoms with Crippen LogP contribution >= 0.6 is 11.6 Å². The Morgan fingerprint density at radius 3 is 2.60 bits per heavy atom. The smallest absolute Gasteiger partial charge is 0.422 e. The van der Waals surface area contributed by atoms with E-state index in [2.05, 4.69) is 4.74 Å². The molecule has 0 spiro atoms. The molecule has 1 aromatic carbocycles. The van der Waals surface area contributed by atoms with Gasteiger partial charge in [0.15, 0.2) is 6.61 Å². The van der Waals surface area contributed by atoms with Crippen LogP contribution in [0.25, 0.3) is 0 Å². The SMILES string of the molecule is CN(C(=O)C1CC1)c1ccc(OCC(F)(F)F)c(Cl)c1. The van der Waals surface area contributed by atoms with E-state index in [1.165, 1.54) is 23.1 Å². The summed E-state index contributed by atoms with van der Waals surface area (Å²) in [7, 11) is 1.61. The number of hydrogen-bond donors (Lipinski definition) is 0. The molecule has 7 heteroatoms. The van der Waals surface area contributed by atoms with Crippen molar-refractivity contribution in [1.29, 1.82) is 0 Å². The lowest BCUT2D eigenvalue weighted by Crippen LogP contribution is -2.27. The first-order valence-corrected chi connectivity index (χ1v) is 6.42. The zero-order valence-electron chi connectivity index (χ0n) is 10.7. The first-order chi connectivity index (χ1) is 9.28. The van der Waals surface area contributed by atoms with Gasteiger partial charge < -0.3 is 9.64 Å². The van der Waals surface area contributed by atoms with Crippen molar-refractivity contribution in [2.24, 2.45) is 5.92 Å². The van der Waals surface area contributed by atoms with E-state index >= 15 is 0 Å². The van der Waals surface area contributed by atoms with Crippen LogP contribution in [-0.2, 0) is 4.79 Å². The van der Waals surface area contributed by atoms with Gasteiger partial charge in [-0.3, -0.25) is 4.79 Å². The maximum Gasteiger partial charge on any atom is 0.422 e. The number of benzene rings is 1. The van der Waals surface area contributed by atoms with Crippen molar-refractivity contribution in [2.75, 3.05) is 18.6 Å². The Bertz CT molecular complexity index is 515. The van der Waals surface area contributed by atoms with Crippen molar-refractivity contribution in [1.82, 2.24) is 0 Å². The zero-order valence-corrected chi connectivity index (χ0v) is 11.5. The fourth-order valence-electron chi connectivity index (χ4n) is 1.71. The molecule has 0 bridgehead atoms. The third-order valence-electron chi connectivity index (χ3n) is 2.95. The standard InChI is InChI=1S/C13H13ClF3NO2/c1-18(12(19)8-2-3-8)9-4-5-11(10(14)6-9)20-7-13(15,16)17/h4-6,8H,2-3,7H2,1H3. The van der Waals surface area contributed by atoms with E-state index in [0.29, 0.717) is 5.69 Å². The molecule has 1 amide bonds. The lowest BCUT2D eigenvalue weighted by atomic mass is 10.2. The molecule has 1 saturated carbocycles.